The predicted molar refractivity (Wildman–Crippen MR) is 80.6 cm³/mol. The molecule has 1 N–H and O–H groups in total. The average Bonchev–Trinajstić information content (AvgIpc) is 2.42. The summed E-state index contributed by atoms with van der Waals surface area (Å²) in [6.07, 6.45) is 2.23. The Morgan fingerprint density at radius 3 is 2.60 bits per heavy atom. The molecule has 0 radical (unpaired) electrons. The highest BCUT2D eigenvalue weighted by molar-refractivity contribution is 5.85. The number of benzene rings is 1. The molecular formula is C15H22ClFN2O. The number of piperidine rings is 1. The lowest BCUT2D eigenvalue weighted by Crippen LogP contribution is -2.41. The van der Waals surface area contributed by atoms with Crippen molar-refractivity contribution in [2.24, 2.45) is 5.92 Å². The molecule has 0 unspecified atom stereocenters. The Morgan fingerprint density at radius 2 is 2.00 bits per heavy atom. The smallest absolute Gasteiger partial charge is 0.227 e. The minimum atomic E-state index is -0.291. The van der Waals surface area contributed by atoms with E-state index in [1.54, 1.807) is 18.2 Å². The molecule has 2 rings (SSSR count). The quantitative estimate of drug-likeness (QED) is 0.925. The number of nitrogens with zero attached hydrogens (tertiary/aromatic N) is 1. The van der Waals surface area contributed by atoms with Crippen LogP contribution < -0.4 is 5.32 Å². The van der Waals surface area contributed by atoms with Crippen LogP contribution in [0.1, 0.15) is 18.4 Å². The van der Waals surface area contributed by atoms with Crippen molar-refractivity contribution >= 4 is 18.3 Å². The second-order valence-electron chi connectivity index (χ2n) is 5.15. The molecule has 0 bridgehead atoms. The summed E-state index contributed by atoms with van der Waals surface area (Å²) in [6.45, 7) is 2.59. The van der Waals surface area contributed by atoms with E-state index >= 15 is 0 Å². The van der Waals surface area contributed by atoms with Gasteiger partial charge in [-0.2, -0.15) is 0 Å². The molecule has 3 nitrogen and oxygen atoms in total. The van der Waals surface area contributed by atoms with Gasteiger partial charge in [0.1, 0.15) is 5.82 Å². The number of likely N-dealkylation sites (tertiary alicyclic amines) is 1. The van der Waals surface area contributed by atoms with Crippen LogP contribution in [0.4, 0.5) is 4.39 Å². The van der Waals surface area contributed by atoms with Crippen molar-refractivity contribution in [3.05, 3.63) is 35.6 Å². The number of carbonyl (C=O) groups is 1. The molecule has 20 heavy (non-hydrogen) atoms. The Bertz CT molecular complexity index is 434. The summed E-state index contributed by atoms with van der Waals surface area (Å²) >= 11 is 0. The van der Waals surface area contributed by atoms with E-state index in [0.717, 1.165) is 32.5 Å². The highest BCUT2D eigenvalue weighted by Crippen LogP contribution is 2.17. The van der Waals surface area contributed by atoms with Gasteiger partial charge < -0.3 is 10.2 Å². The van der Waals surface area contributed by atoms with Crippen molar-refractivity contribution in [1.29, 1.82) is 0 Å². The molecule has 0 spiro atoms. The second kappa shape index (κ2) is 8.22. The number of halogens is 2. The summed E-state index contributed by atoms with van der Waals surface area (Å²) < 4.78 is 13.5. The topological polar surface area (TPSA) is 32.3 Å². The maximum absolute atomic E-state index is 13.5. The van der Waals surface area contributed by atoms with Gasteiger partial charge in [0.05, 0.1) is 6.42 Å². The first-order valence-corrected chi connectivity index (χ1v) is 6.86. The van der Waals surface area contributed by atoms with Crippen molar-refractivity contribution in [2.45, 2.75) is 19.3 Å². The molecule has 0 saturated carbocycles. The van der Waals surface area contributed by atoms with E-state index in [2.05, 4.69) is 5.32 Å². The standard InChI is InChI=1S/C15H21FN2O.ClH/c1-17-11-12-6-8-18(9-7-12)15(19)10-13-4-2-3-5-14(13)16;/h2-5,12,17H,6-11H2,1H3;1H. The SMILES string of the molecule is CNCC1CCN(C(=O)Cc2ccccc2F)CC1.Cl. The summed E-state index contributed by atoms with van der Waals surface area (Å²) in [5.74, 6) is 0.399. The Balaban J connectivity index is 0.00000200. The third-order valence-corrected chi connectivity index (χ3v) is 3.76. The lowest BCUT2D eigenvalue weighted by molar-refractivity contribution is -0.131. The molecule has 0 aliphatic carbocycles. The molecule has 0 atom stereocenters. The fraction of sp³-hybridized carbons (Fsp3) is 0.533. The van der Waals surface area contributed by atoms with Crippen molar-refractivity contribution < 1.29 is 9.18 Å². The maximum atomic E-state index is 13.5. The molecule has 0 aromatic heterocycles. The van der Waals surface area contributed by atoms with Crippen LogP contribution >= 0.6 is 12.4 Å². The van der Waals surface area contributed by atoms with Gasteiger partial charge in [0, 0.05) is 13.1 Å². The fourth-order valence-electron chi connectivity index (χ4n) is 2.59. The van der Waals surface area contributed by atoms with Gasteiger partial charge in [-0.15, -0.1) is 12.4 Å². The Morgan fingerprint density at radius 1 is 1.35 bits per heavy atom. The Labute approximate surface area is 125 Å². The molecule has 1 aliphatic rings. The highest BCUT2D eigenvalue weighted by atomic mass is 35.5. The van der Waals surface area contributed by atoms with Crippen molar-refractivity contribution in [1.82, 2.24) is 10.2 Å². The number of hydrogen-bond acceptors (Lipinski definition) is 2. The van der Waals surface area contributed by atoms with Crippen LogP contribution in [-0.4, -0.2) is 37.5 Å². The van der Waals surface area contributed by atoms with Crippen LogP contribution in [0.3, 0.4) is 0 Å². The molecule has 1 aromatic rings. The summed E-state index contributed by atoms with van der Waals surface area (Å²) in [7, 11) is 1.95. The minimum absolute atomic E-state index is 0. The number of rotatable bonds is 4. The fourth-order valence-corrected chi connectivity index (χ4v) is 2.59. The summed E-state index contributed by atoms with van der Waals surface area (Å²) in [5, 5.41) is 3.18. The third-order valence-electron chi connectivity index (χ3n) is 3.76. The van der Waals surface area contributed by atoms with Gasteiger partial charge in [-0.05, 0) is 44.0 Å². The zero-order valence-electron chi connectivity index (χ0n) is 11.8. The molecule has 1 aromatic carbocycles. The van der Waals surface area contributed by atoms with Crippen LogP contribution in [0.25, 0.3) is 0 Å². The zero-order chi connectivity index (χ0) is 13.7. The maximum Gasteiger partial charge on any atom is 0.227 e. The number of amides is 1. The minimum Gasteiger partial charge on any atom is -0.342 e. The van der Waals surface area contributed by atoms with Crippen LogP contribution in [0.2, 0.25) is 0 Å². The predicted octanol–water partition coefficient (Wildman–Crippen LogP) is 2.25. The molecule has 1 amide bonds. The van der Waals surface area contributed by atoms with Crippen LogP contribution in [0.5, 0.6) is 0 Å². The lowest BCUT2D eigenvalue weighted by atomic mass is 9.96. The Kier molecular flexibility index (Phi) is 6.96. The summed E-state index contributed by atoms with van der Waals surface area (Å²) in [6, 6.07) is 6.50. The van der Waals surface area contributed by atoms with Crippen molar-refractivity contribution in [2.75, 3.05) is 26.7 Å². The molecule has 5 heteroatoms. The molecule has 1 aliphatic heterocycles. The van der Waals surface area contributed by atoms with Crippen molar-refractivity contribution in [3.63, 3.8) is 0 Å². The van der Waals surface area contributed by atoms with E-state index in [1.165, 1.54) is 6.07 Å². The highest BCUT2D eigenvalue weighted by Gasteiger charge is 2.22. The first-order chi connectivity index (χ1) is 9.20. The van der Waals surface area contributed by atoms with E-state index in [9.17, 15) is 9.18 Å². The molecule has 1 saturated heterocycles. The number of carbonyl (C=O) groups excluding carboxylic acids is 1. The third kappa shape index (κ3) is 4.46. The first-order valence-electron chi connectivity index (χ1n) is 6.86. The van der Waals surface area contributed by atoms with Crippen LogP contribution in [0.15, 0.2) is 24.3 Å². The van der Waals surface area contributed by atoms with Crippen LogP contribution in [-0.2, 0) is 11.2 Å². The average molecular weight is 301 g/mol. The van der Waals surface area contributed by atoms with Gasteiger partial charge in [-0.1, -0.05) is 18.2 Å². The zero-order valence-corrected chi connectivity index (χ0v) is 12.6. The van der Waals surface area contributed by atoms with Gasteiger partial charge in [0.2, 0.25) is 5.91 Å². The van der Waals surface area contributed by atoms with E-state index in [-0.39, 0.29) is 30.6 Å². The number of hydrogen-bond donors (Lipinski definition) is 1. The number of nitrogens with one attached hydrogen (secondary N) is 1. The normalized spacial score (nSPS) is 15.8. The van der Waals surface area contributed by atoms with Gasteiger partial charge in [0.15, 0.2) is 0 Å². The van der Waals surface area contributed by atoms with Gasteiger partial charge in [0.25, 0.3) is 0 Å². The Hall–Kier alpha value is -1.13. The van der Waals surface area contributed by atoms with E-state index in [1.807, 2.05) is 11.9 Å². The van der Waals surface area contributed by atoms with Crippen LogP contribution in [0, 0.1) is 11.7 Å². The second-order valence-corrected chi connectivity index (χ2v) is 5.15. The molecule has 1 heterocycles. The first kappa shape index (κ1) is 16.9. The molecular weight excluding hydrogens is 279 g/mol. The molecule has 1 fully saturated rings. The molecule has 112 valence electrons. The van der Waals surface area contributed by atoms with Crippen molar-refractivity contribution in [3.8, 4) is 0 Å². The lowest BCUT2D eigenvalue weighted by Gasteiger charge is -2.32. The monoisotopic (exact) mass is 300 g/mol. The van der Waals surface area contributed by atoms with Gasteiger partial charge >= 0.3 is 0 Å². The largest absolute Gasteiger partial charge is 0.342 e. The summed E-state index contributed by atoms with van der Waals surface area (Å²) in [5.41, 5.74) is 0.491. The summed E-state index contributed by atoms with van der Waals surface area (Å²) in [4.78, 5) is 14.0. The van der Waals surface area contributed by atoms with Gasteiger partial charge in [-0.3, -0.25) is 4.79 Å². The van der Waals surface area contributed by atoms with Gasteiger partial charge in [-0.25, -0.2) is 4.39 Å². The van der Waals surface area contributed by atoms with E-state index < -0.39 is 0 Å². The van der Waals surface area contributed by atoms with E-state index in [4.69, 9.17) is 0 Å². The van der Waals surface area contributed by atoms with E-state index in [0.29, 0.717) is 11.5 Å².